The second-order valence-electron chi connectivity index (χ2n) is 7.82. The highest BCUT2D eigenvalue weighted by molar-refractivity contribution is 5.81. The molecule has 4 rings (SSSR count). The summed E-state index contributed by atoms with van der Waals surface area (Å²) in [6.45, 7) is 3.41. The van der Waals surface area contributed by atoms with Gasteiger partial charge in [-0.25, -0.2) is 0 Å². The normalized spacial score (nSPS) is 19.8. The molecule has 0 bridgehead atoms. The van der Waals surface area contributed by atoms with Crippen LogP contribution in [0.3, 0.4) is 0 Å². The van der Waals surface area contributed by atoms with Crippen molar-refractivity contribution in [2.24, 2.45) is 5.92 Å². The van der Waals surface area contributed by atoms with Crippen LogP contribution in [-0.2, 0) is 19.1 Å². The summed E-state index contributed by atoms with van der Waals surface area (Å²) in [5, 5.41) is 0. The zero-order chi connectivity index (χ0) is 20.9. The van der Waals surface area contributed by atoms with Gasteiger partial charge in [-0.2, -0.15) is 0 Å². The van der Waals surface area contributed by atoms with Crippen LogP contribution in [0, 0.1) is 5.92 Å². The number of carbonyl (C=O) groups excluding carboxylic acids is 2. The Hall–Kier alpha value is -3.02. The minimum Gasteiger partial charge on any atom is -0.492 e. The molecule has 0 fully saturated rings. The number of hydrogen-bond acceptors (Lipinski definition) is 6. The summed E-state index contributed by atoms with van der Waals surface area (Å²) in [4.78, 5) is 24.7. The summed E-state index contributed by atoms with van der Waals surface area (Å²) < 4.78 is 22.0. The smallest absolute Gasteiger partial charge is 0.317 e. The van der Waals surface area contributed by atoms with Crippen molar-refractivity contribution < 1.29 is 28.5 Å². The van der Waals surface area contributed by atoms with Crippen LogP contribution in [0.15, 0.2) is 48.5 Å². The summed E-state index contributed by atoms with van der Waals surface area (Å²) >= 11 is 0. The van der Waals surface area contributed by atoms with Crippen molar-refractivity contribution in [3.05, 3.63) is 59.7 Å². The molecular weight excluding hydrogens is 384 g/mol. The third-order valence-electron chi connectivity index (χ3n) is 5.68. The van der Waals surface area contributed by atoms with E-state index in [9.17, 15) is 9.59 Å². The molecule has 2 aromatic carbocycles. The first kappa shape index (κ1) is 20.3. The van der Waals surface area contributed by atoms with E-state index >= 15 is 0 Å². The van der Waals surface area contributed by atoms with Crippen molar-refractivity contribution in [1.82, 2.24) is 0 Å². The summed E-state index contributed by atoms with van der Waals surface area (Å²) in [5.41, 5.74) is 1.78. The largest absolute Gasteiger partial charge is 0.492 e. The van der Waals surface area contributed by atoms with E-state index in [1.165, 1.54) is 0 Å². The minimum absolute atomic E-state index is 0.251. The Morgan fingerprint density at radius 2 is 1.27 bits per heavy atom. The maximum Gasteiger partial charge on any atom is 0.317 e. The molecule has 0 N–H and O–H groups in total. The highest BCUT2D eigenvalue weighted by atomic mass is 16.5. The lowest BCUT2D eigenvalue weighted by molar-refractivity contribution is -0.146. The zero-order valence-electron chi connectivity index (χ0n) is 17.0. The van der Waals surface area contributed by atoms with Crippen LogP contribution in [0.25, 0.3) is 0 Å². The van der Waals surface area contributed by atoms with Gasteiger partial charge < -0.3 is 18.9 Å². The van der Waals surface area contributed by atoms with Gasteiger partial charge in [0.15, 0.2) is 0 Å². The SMILES string of the molecule is CC(CCOC(=O)[C@H]1COc2ccccc21)CCOC(=O)[C@@H]1COc2ccccc21. The van der Waals surface area contributed by atoms with Gasteiger partial charge in [-0.05, 0) is 30.9 Å². The van der Waals surface area contributed by atoms with Crippen molar-refractivity contribution in [3.63, 3.8) is 0 Å². The van der Waals surface area contributed by atoms with Crippen molar-refractivity contribution in [3.8, 4) is 11.5 Å². The molecule has 1 unspecified atom stereocenters. The Labute approximate surface area is 176 Å². The van der Waals surface area contributed by atoms with Crippen LogP contribution in [0.2, 0.25) is 0 Å². The number of fused-ring (bicyclic) bond motifs is 2. The van der Waals surface area contributed by atoms with Crippen LogP contribution in [0.1, 0.15) is 42.7 Å². The molecule has 0 saturated carbocycles. The van der Waals surface area contributed by atoms with Gasteiger partial charge in [0.1, 0.15) is 36.5 Å². The number of para-hydroxylation sites is 2. The quantitative estimate of drug-likeness (QED) is 0.616. The van der Waals surface area contributed by atoms with Gasteiger partial charge in [-0.15, -0.1) is 0 Å². The lowest BCUT2D eigenvalue weighted by Gasteiger charge is -2.14. The highest BCUT2D eigenvalue weighted by Gasteiger charge is 2.32. The predicted octanol–water partition coefficient (Wildman–Crippen LogP) is 3.84. The molecule has 2 aliphatic rings. The van der Waals surface area contributed by atoms with Gasteiger partial charge in [0.05, 0.1) is 13.2 Å². The number of carbonyl (C=O) groups is 2. The fourth-order valence-electron chi connectivity index (χ4n) is 3.78. The highest BCUT2D eigenvalue weighted by Crippen LogP contribution is 2.35. The number of esters is 2. The van der Waals surface area contributed by atoms with Crippen LogP contribution >= 0.6 is 0 Å². The van der Waals surface area contributed by atoms with E-state index in [0.717, 1.165) is 22.6 Å². The molecule has 0 amide bonds. The van der Waals surface area contributed by atoms with Gasteiger partial charge in [0.2, 0.25) is 0 Å². The van der Waals surface area contributed by atoms with Crippen molar-refractivity contribution >= 4 is 11.9 Å². The van der Waals surface area contributed by atoms with Gasteiger partial charge >= 0.3 is 11.9 Å². The zero-order valence-corrected chi connectivity index (χ0v) is 17.0. The van der Waals surface area contributed by atoms with E-state index in [4.69, 9.17) is 18.9 Å². The van der Waals surface area contributed by atoms with Gasteiger partial charge in [0.25, 0.3) is 0 Å². The molecule has 6 nitrogen and oxygen atoms in total. The average molecular weight is 410 g/mol. The van der Waals surface area contributed by atoms with Gasteiger partial charge in [-0.1, -0.05) is 43.3 Å². The van der Waals surface area contributed by atoms with E-state index in [1.807, 2.05) is 48.5 Å². The fraction of sp³-hybridized carbons (Fsp3) is 0.417. The first-order valence-electron chi connectivity index (χ1n) is 10.4. The average Bonchev–Trinajstić information content (AvgIpc) is 3.38. The van der Waals surface area contributed by atoms with Crippen molar-refractivity contribution in [2.45, 2.75) is 31.6 Å². The number of benzene rings is 2. The molecule has 6 heteroatoms. The molecule has 2 aliphatic heterocycles. The van der Waals surface area contributed by atoms with Gasteiger partial charge in [-0.3, -0.25) is 9.59 Å². The molecule has 3 atom stereocenters. The maximum atomic E-state index is 12.4. The first-order valence-corrected chi connectivity index (χ1v) is 10.4. The Morgan fingerprint density at radius 1 is 0.833 bits per heavy atom. The van der Waals surface area contributed by atoms with E-state index in [1.54, 1.807) is 0 Å². The molecule has 0 aromatic heterocycles. The Morgan fingerprint density at radius 3 is 1.73 bits per heavy atom. The van der Waals surface area contributed by atoms with Crippen molar-refractivity contribution in [2.75, 3.05) is 26.4 Å². The molecule has 158 valence electrons. The minimum atomic E-state index is -0.353. The Kier molecular flexibility index (Phi) is 6.21. The van der Waals surface area contributed by atoms with Gasteiger partial charge in [0, 0.05) is 11.1 Å². The van der Waals surface area contributed by atoms with Crippen LogP contribution in [-0.4, -0.2) is 38.4 Å². The standard InChI is InChI=1S/C24H26O6/c1-16(10-12-27-23(25)19-14-29-21-8-4-2-6-17(19)21)11-13-28-24(26)20-15-30-22-9-5-3-7-18(20)22/h2-9,16,19-20H,10-15H2,1H3/t16?,19-,20+. The van der Waals surface area contributed by atoms with E-state index in [-0.39, 0.29) is 29.7 Å². The molecule has 0 aliphatic carbocycles. The molecule has 30 heavy (non-hydrogen) atoms. The molecule has 0 spiro atoms. The lowest BCUT2D eigenvalue weighted by atomic mass is 10.0. The third kappa shape index (κ3) is 4.42. The second-order valence-corrected chi connectivity index (χ2v) is 7.82. The van der Waals surface area contributed by atoms with E-state index in [2.05, 4.69) is 6.92 Å². The number of rotatable bonds is 8. The fourth-order valence-corrected chi connectivity index (χ4v) is 3.78. The first-order chi connectivity index (χ1) is 14.6. The maximum absolute atomic E-state index is 12.4. The third-order valence-corrected chi connectivity index (χ3v) is 5.68. The number of hydrogen-bond donors (Lipinski definition) is 0. The van der Waals surface area contributed by atoms with Crippen LogP contribution < -0.4 is 9.47 Å². The Balaban J connectivity index is 1.14. The molecule has 2 aromatic rings. The predicted molar refractivity (Wildman–Crippen MR) is 110 cm³/mol. The topological polar surface area (TPSA) is 71.1 Å². The lowest BCUT2D eigenvalue weighted by Crippen LogP contribution is -2.20. The van der Waals surface area contributed by atoms with E-state index < -0.39 is 0 Å². The molecule has 0 saturated heterocycles. The molecular formula is C24H26O6. The summed E-state index contributed by atoms with van der Waals surface area (Å²) in [6.07, 6.45) is 1.43. The molecule has 2 heterocycles. The molecule has 0 radical (unpaired) electrons. The summed E-state index contributed by atoms with van der Waals surface area (Å²) in [7, 11) is 0. The second kappa shape index (κ2) is 9.20. The van der Waals surface area contributed by atoms with Crippen LogP contribution in [0.5, 0.6) is 11.5 Å². The summed E-state index contributed by atoms with van der Waals surface area (Å²) in [6, 6.07) is 15.1. The van der Waals surface area contributed by atoms with E-state index in [0.29, 0.717) is 39.3 Å². The summed E-state index contributed by atoms with van der Waals surface area (Å²) in [5.74, 6) is 0.569. The van der Waals surface area contributed by atoms with Crippen molar-refractivity contribution in [1.29, 1.82) is 0 Å². The Bertz CT molecular complexity index is 835. The van der Waals surface area contributed by atoms with Crippen LogP contribution in [0.4, 0.5) is 0 Å². The monoisotopic (exact) mass is 410 g/mol. The number of ether oxygens (including phenoxy) is 4.